The average Bonchev–Trinajstić information content (AvgIpc) is 2.69. The number of nitrogens with zero attached hydrogens (tertiary/aromatic N) is 1. The van der Waals surface area contributed by atoms with E-state index in [1.54, 1.807) is 7.11 Å². The maximum absolute atomic E-state index is 5.33. The van der Waals surface area contributed by atoms with Crippen LogP contribution < -0.4 is 10.1 Å². The van der Waals surface area contributed by atoms with Crippen LogP contribution in [0, 0.1) is 5.92 Å². The molecule has 0 saturated carbocycles. The van der Waals surface area contributed by atoms with Gasteiger partial charge in [-0.25, -0.2) is 0 Å². The molecule has 0 aliphatic carbocycles. The molecule has 2 rings (SSSR count). The van der Waals surface area contributed by atoms with E-state index in [9.17, 15) is 0 Å². The molecule has 0 radical (unpaired) electrons. The Balaban J connectivity index is 2.00. The summed E-state index contributed by atoms with van der Waals surface area (Å²) in [6.45, 7) is 5.91. The Kier molecular flexibility index (Phi) is 5.86. The van der Waals surface area contributed by atoms with Gasteiger partial charge in [-0.1, -0.05) is 19.1 Å². The van der Waals surface area contributed by atoms with E-state index < -0.39 is 0 Å². The van der Waals surface area contributed by atoms with Crippen molar-refractivity contribution in [2.75, 3.05) is 33.8 Å². The van der Waals surface area contributed by atoms with Gasteiger partial charge in [-0.3, -0.25) is 0 Å². The second-order valence-electron chi connectivity index (χ2n) is 5.95. The van der Waals surface area contributed by atoms with Gasteiger partial charge in [0.2, 0.25) is 0 Å². The smallest absolute Gasteiger partial charge is 0.119 e. The lowest BCUT2D eigenvalue weighted by molar-refractivity contribution is 0.253. The number of hydrogen-bond donors (Lipinski definition) is 1. The van der Waals surface area contributed by atoms with Crippen molar-refractivity contribution in [2.45, 2.75) is 32.2 Å². The third-order valence-corrected chi connectivity index (χ3v) is 4.39. The van der Waals surface area contributed by atoms with Crippen LogP contribution in [-0.2, 0) is 0 Å². The molecule has 20 heavy (non-hydrogen) atoms. The van der Waals surface area contributed by atoms with Gasteiger partial charge in [0.05, 0.1) is 7.11 Å². The zero-order valence-corrected chi connectivity index (χ0v) is 13.1. The molecule has 0 aromatic heterocycles. The fourth-order valence-corrected chi connectivity index (χ4v) is 2.98. The van der Waals surface area contributed by atoms with Crippen LogP contribution in [-0.4, -0.2) is 38.7 Å². The molecule has 2 atom stereocenters. The summed E-state index contributed by atoms with van der Waals surface area (Å²) in [7, 11) is 3.77. The zero-order valence-electron chi connectivity index (χ0n) is 13.1. The van der Waals surface area contributed by atoms with Gasteiger partial charge in [0, 0.05) is 12.6 Å². The first-order valence-corrected chi connectivity index (χ1v) is 7.76. The van der Waals surface area contributed by atoms with E-state index >= 15 is 0 Å². The molecule has 1 heterocycles. The molecule has 2 unspecified atom stereocenters. The number of likely N-dealkylation sites (N-methyl/N-ethyl adjacent to an activating group) is 1. The molecule has 1 aromatic carbocycles. The van der Waals surface area contributed by atoms with Crippen LogP contribution in [0.5, 0.6) is 5.75 Å². The van der Waals surface area contributed by atoms with Gasteiger partial charge in [-0.15, -0.1) is 0 Å². The lowest BCUT2D eigenvalue weighted by atomic mass is 10.0. The van der Waals surface area contributed by atoms with Crippen LogP contribution in [0.25, 0.3) is 0 Å². The molecule has 3 heteroatoms. The number of benzene rings is 1. The number of methoxy groups -OCH3 is 1. The van der Waals surface area contributed by atoms with Crippen molar-refractivity contribution in [1.82, 2.24) is 10.2 Å². The summed E-state index contributed by atoms with van der Waals surface area (Å²) in [5, 5.41) is 3.45. The summed E-state index contributed by atoms with van der Waals surface area (Å²) in [6.07, 6.45) is 4.03. The highest BCUT2D eigenvalue weighted by molar-refractivity contribution is 5.30. The van der Waals surface area contributed by atoms with Crippen LogP contribution in [0.4, 0.5) is 0 Å². The first-order valence-electron chi connectivity index (χ1n) is 7.76. The minimum absolute atomic E-state index is 0.374. The van der Waals surface area contributed by atoms with Crippen molar-refractivity contribution in [3.8, 4) is 5.75 Å². The first kappa shape index (κ1) is 15.3. The molecule has 1 N–H and O–H groups in total. The highest BCUT2D eigenvalue weighted by Crippen LogP contribution is 2.22. The van der Waals surface area contributed by atoms with Crippen molar-refractivity contribution in [3.05, 3.63) is 29.8 Å². The molecule has 1 aromatic rings. The highest BCUT2D eigenvalue weighted by atomic mass is 16.5. The molecule has 0 spiro atoms. The molecular formula is C17H28N2O. The third-order valence-electron chi connectivity index (χ3n) is 4.39. The number of rotatable bonds is 5. The molecule has 1 saturated heterocycles. The van der Waals surface area contributed by atoms with Gasteiger partial charge in [0.25, 0.3) is 0 Å². The zero-order chi connectivity index (χ0) is 14.4. The number of likely N-dealkylation sites (tertiary alicyclic amines) is 1. The van der Waals surface area contributed by atoms with Crippen molar-refractivity contribution >= 4 is 0 Å². The summed E-state index contributed by atoms with van der Waals surface area (Å²) >= 11 is 0. The van der Waals surface area contributed by atoms with Gasteiger partial charge in [-0.05, 0) is 63.0 Å². The predicted molar refractivity (Wildman–Crippen MR) is 84.2 cm³/mol. The van der Waals surface area contributed by atoms with Gasteiger partial charge in [0.1, 0.15) is 5.75 Å². The standard InChI is InChI=1S/C17H28N2O/c1-14-6-5-10-19(11-9-14)13-17(18-2)15-7-4-8-16(12-15)20-3/h4,7-8,12,14,17-18H,5-6,9-11,13H2,1-3H3. The Morgan fingerprint density at radius 2 is 2.20 bits per heavy atom. The van der Waals surface area contributed by atoms with E-state index in [1.165, 1.54) is 37.9 Å². The minimum Gasteiger partial charge on any atom is -0.497 e. The van der Waals surface area contributed by atoms with Gasteiger partial charge in [0.15, 0.2) is 0 Å². The Labute approximate surface area is 123 Å². The lowest BCUT2D eigenvalue weighted by Gasteiger charge is -2.26. The van der Waals surface area contributed by atoms with Crippen molar-refractivity contribution in [1.29, 1.82) is 0 Å². The van der Waals surface area contributed by atoms with Crippen molar-refractivity contribution in [2.24, 2.45) is 5.92 Å². The van der Waals surface area contributed by atoms with Gasteiger partial charge in [-0.2, -0.15) is 0 Å². The highest BCUT2D eigenvalue weighted by Gasteiger charge is 2.18. The summed E-state index contributed by atoms with van der Waals surface area (Å²) in [5.41, 5.74) is 1.31. The maximum Gasteiger partial charge on any atom is 0.119 e. The Morgan fingerprint density at radius 1 is 1.35 bits per heavy atom. The first-order chi connectivity index (χ1) is 9.72. The van der Waals surface area contributed by atoms with E-state index in [2.05, 4.69) is 35.3 Å². The predicted octanol–water partition coefficient (Wildman–Crippen LogP) is 3.08. The number of hydrogen-bond acceptors (Lipinski definition) is 3. The van der Waals surface area contributed by atoms with E-state index in [1.807, 2.05) is 13.1 Å². The monoisotopic (exact) mass is 276 g/mol. The SMILES string of the molecule is CNC(CN1CCCC(C)CC1)c1cccc(OC)c1. The normalized spacial score (nSPS) is 22.2. The lowest BCUT2D eigenvalue weighted by Crippen LogP contribution is -2.34. The third kappa shape index (κ3) is 4.22. The molecule has 0 amide bonds. The largest absolute Gasteiger partial charge is 0.497 e. The topological polar surface area (TPSA) is 24.5 Å². The van der Waals surface area contributed by atoms with Crippen molar-refractivity contribution < 1.29 is 4.74 Å². The van der Waals surface area contributed by atoms with E-state index in [-0.39, 0.29) is 0 Å². The maximum atomic E-state index is 5.33. The van der Waals surface area contributed by atoms with Crippen LogP contribution >= 0.6 is 0 Å². The molecule has 1 aliphatic rings. The second kappa shape index (κ2) is 7.65. The number of ether oxygens (including phenoxy) is 1. The Bertz CT molecular complexity index is 408. The van der Waals surface area contributed by atoms with E-state index in [0.29, 0.717) is 6.04 Å². The van der Waals surface area contributed by atoms with Crippen LogP contribution in [0.3, 0.4) is 0 Å². The van der Waals surface area contributed by atoms with Gasteiger partial charge >= 0.3 is 0 Å². The Morgan fingerprint density at radius 3 is 2.95 bits per heavy atom. The Hall–Kier alpha value is -1.06. The quantitative estimate of drug-likeness (QED) is 0.894. The molecule has 112 valence electrons. The van der Waals surface area contributed by atoms with E-state index in [4.69, 9.17) is 4.74 Å². The average molecular weight is 276 g/mol. The number of nitrogens with one attached hydrogen (secondary N) is 1. The van der Waals surface area contributed by atoms with Crippen LogP contribution in [0.2, 0.25) is 0 Å². The molecule has 1 fully saturated rings. The van der Waals surface area contributed by atoms with Gasteiger partial charge < -0.3 is 15.0 Å². The fraction of sp³-hybridized carbons (Fsp3) is 0.647. The molecular weight excluding hydrogens is 248 g/mol. The molecule has 3 nitrogen and oxygen atoms in total. The minimum atomic E-state index is 0.374. The van der Waals surface area contributed by atoms with Crippen molar-refractivity contribution in [3.63, 3.8) is 0 Å². The summed E-state index contributed by atoms with van der Waals surface area (Å²) in [6, 6.07) is 8.77. The summed E-state index contributed by atoms with van der Waals surface area (Å²) in [5.74, 6) is 1.82. The van der Waals surface area contributed by atoms with E-state index in [0.717, 1.165) is 18.2 Å². The summed E-state index contributed by atoms with van der Waals surface area (Å²) in [4.78, 5) is 2.60. The van der Waals surface area contributed by atoms with Crippen LogP contribution in [0.15, 0.2) is 24.3 Å². The second-order valence-corrected chi connectivity index (χ2v) is 5.95. The summed E-state index contributed by atoms with van der Waals surface area (Å²) < 4.78 is 5.33. The van der Waals surface area contributed by atoms with Crippen LogP contribution in [0.1, 0.15) is 37.8 Å². The fourth-order valence-electron chi connectivity index (χ4n) is 2.98. The molecule has 0 bridgehead atoms. The molecule has 1 aliphatic heterocycles.